The summed E-state index contributed by atoms with van der Waals surface area (Å²) < 4.78 is 87.9. The second kappa shape index (κ2) is 14.7. The van der Waals surface area contributed by atoms with Gasteiger partial charge in [0.2, 0.25) is 0 Å². The Bertz CT molecular complexity index is 2830. The van der Waals surface area contributed by atoms with Crippen LogP contribution < -0.4 is 10.6 Å². The maximum absolute atomic E-state index is 13.8. The molecule has 4 aromatic heterocycles. The molecule has 9 nitrogen and oxygen atoms in total. The van der Waals surface area contributed by atoms with E-state index in [1.165, 1.54) is 35.6 Å². The van der Waals surface area contributed by atoms with Crippen LogP contribution in [0, 0.1) is 13.8 Å². The first-order valence-corrected chi connectivity index (χ1v) is 18.5. The van der Waals surface area contributed by atoms with E-state index in [9.17, 15) is 35.9 Å². The Hall–Kier alpha value is -6.68. The van der Waals surface area contributed by atoms with Crippen LogP contribution in [0.15, 0.2) is 114 Å². The van der Waals surface area contributed by atoms with Crippen LogP contribution in [0.5, 0.6) is 0 Å². The molecule has 0 aliphatic carbocycles. The number of oxazole rings is 1. The highest BCUT2D eigenvalue weighted by molar-refractivity contribution is 7.15. The van der Waals surface area contributed by atoms with E-state index in [1.54, 1.807) is 26.2 Å². The number of carbonyl (C=O) groups excluding carboxylic acids is 2. The third-order valence-corrected chi connectivity index (χ3v) is 10.7. The van der Waals surface area contributed by atoms with Crippen LogP contribution in [0.3, 0.4) is 0 Å². The van der Waals surface area contributed by atoms with Crippen molar-refractivity contribution in [1.29, 1.82) is 0 Å². The number of rotatable bonds is 9. The van der Waals surface area contributed by atoms with Gasteiger partial charge in [-0.3, -0.25) is 9.59 Å². The number of carbonyl (C=O) groups is 2. The number of halogens is 6. The fraction of sp³-hybridized carbons (Fsp3) is 0.143. The summed E-state index contributed by atoms with van der Waals surface area (Å²) in [5.41, 5.74) is 3.04. The Kier molecular flexibility index (Phi) is 9.67. The molecule has 0 saturated carbocycles. The zero-order valence-electron chi connectivity index (χ0n) is 30.5. The number of hydrogen-bond donors (Lipinski definition) is 2. The summed E-state index contributed by atoms with van der Waals surface area (Å²) in [6, 6.07) is 22.6. The van der Waals surface area contributed by atoms with Gasteiger partial charge in [-0.15, -0.1) is 11.3 Å². The minimum atomic E-state index is -4.47. The van der Waals surface area contributed by atoms with Gasteiger partial charge in [-0.05, 0) is 73.5 Å². The highest BCUT2D eigenvalue weighted by atomic mass is 32.1. The van der Waals surface area contributed by atoms with E-state index in [2.05, 4.69) is 15.6 Å². The molecule has 294 valence electrons. The molecule has 0 fully saturated rings. The van der Waals surface area contributed by atoms with Crippen LogP contribution in [0.1, 0.15) is 53.9 Å². The number of para-hydroxylation sites is 1. The number of thiazole rings is 1. The molecule has 8 aromatic rings. The van der Waals surface area contributed by atoms with Crippen molar-refractivity contribution in [1.82, 2.24) is 19.1 Å². The van der Waals surface area contributed by atoms with Gasteiger partial charge in [0.05, 0.1) is 33.5 Å². The van der Waals surface area contributed by atoms with Gasteiger partial charge in [-0.1, -0.05) is 42.5 Å². The molecule has 0 saturated heterocycles. The van der Waals surface area contributed by atoms with E-state index in [0.29, 0.717) is 54.6 Å². The van der Waals surface area contributed by atoms with Gasteiger partial charge in [0.25, 0.3) is 11.8 Å². The summed E-state index contributed by atoms with van der Waals surface area (Å²) in [6.45, 7) is 3.85. The Labute approximate surface area is 329 Å². The molecule has 16 heteroatoms. The summed E-state index contributed by atoms with van der Waals surface area (Å²) in [5.74, 6) is -0.661. The Morgan fingerprint density at radius 2 is 1.22 bits per heavy atom. The van der Waals surface area contributed by atoms with Crippen molar-refractivity contribution in [3.63, 3.8) is 0 Å². The molecule has 4 heterocycles. The fourth-order valence-corrected chi connectivity index (χ4v) is 7.65. The Balaban J connectivity index is 1.08. The molecular weight excluding hydrogens is 783 g/mol. The summed E-state index contributed by atoms with van der Waals surface area (Å²) in [7, 11) is 0. The van der Waals surface area contributed by atoms with E-state index in [1.807, 2.05) is 51.6 Å². The van der Waals surface area contributed by atoms with Crippen molar-refractivity contribution in [3.8, 4) is 10.6 Å². The normalized spacial score (nSPS) is 12.1. The smallest absolute Gasteiger partial charge is 0.416 e. The minimum absolute atomic E-state index is 0.0914. The van der Waals surface area contributed by atoms with Crippen molar-refractivity contribution in [2.24, 2.45) is 0 Å². The summed E-state index contributed by atoms with van der Waals surface area (Å²) in [6.07, 6.45) is -4.32. The molecule has 0 unspecified atom stereocenters. The number of fused-ring (bicyclic) bond motifs is 2. The first-order valence-electron chi connectivity index (χ1n) is 17.7. The number of alkyl halides is 6. The van der Waals surface area contributed by atoms with Crippen molar-refractivity contribution in [2.45, 2.75) is 39.3 Å². The summed E-state index contributed by atoms with van der Waals surface area (Å²) >= 11 is 1.30. The first-order chi connectivity index (χ1) is 27.6. The summed E-state index contributed by atoms with van der Waals surface area (Å²) in [4.78, 5) is 36.4. The monoisotopic (exact) mass is 812 g/mol. The highest BCUT2D eigenvalue weighted by Gasteiger charge is 2.31. The van der Waals surface area contributed by atoms with Crippen LogP contribution >= 0.6 is 11.3 Å². The minimum Gasteiger partial charge on any atom is -0.448 e. The van der Waals surface area contributed by atoms with Crippen molar-refractivity contribution in [3.05, 3.63) is 154 Å². The van der Waals surface area contributed by atoms with Gasteiger partial charge in [0.15, 0.2) is 12.1 Å². The van der Waals surface area contributed by atoms with E-state index in [0.717, 1.165) is 41.6 Å². The molecule has 0 bridgehead atoms. The van der Waals surface area contributed by atoms with Crippen LogP contribution in [0.2, 0.25) is 0 Å². The number of benzene rings is 4. The van der Waals surface area contributed by atoms with Gasteiger partial charge in [0, 0.05) is 46.7 Å². The van der Waals surface area contributed by atoms with Crippen molar-refractivity contribution < 1.29 is 40.3 Å². The SMILES string of the molecule is Cc1ocnc1C(=O)Nc1cn(Cc2ccc(C(F)(F)F)cc2)c2ccc(-c3nc(C(=O)Nc4cn(Cc5ccc(C(F)(F)F)cc5)c5ccccc45)c(C)s3)cc12. The molecule has 2 amide bonds. The molecule has 4 aromatic carbocycles. The number of amides is 2. The van der Waals surface area contributed by atoms with Gasteiger partial charge in [0.1, 0.15) is 16.5 Å². The first kappa shape index (κ1) is 38.2. The molecule has 2 N–H and O–H groups in total. The number of aryl methyl sites for hydroxylation is 2. The lowest BCUT2D eigenvalue weighted by atomic mass is 10.1. The topological polar surface area (TPSA) is 107 Å². The van der Waals surface area contributed by atoms with Crippen LogP contribution in [0.4, 0.5) is 37.7 Å². The van der Waals surface area contributed by atoms with Crippen LogP contribution in [-0.2, 0) is 25.4 Å². The summed E-state index contributed by atoms with van der Waals surface area (Å²) in [5, 5.41) is 7.72. The molecule has 0 aliphatic heterocycles. The second-order valence-electron chi connectivity index (χ2n) is 13.6. The Morgan fingerprint density at radius 3 is 1.78 bits per heavy atom. The number of nitrogens with one attached hydrogen (secondary N) is 2. The molecule has 0 atom stereocenters. The van der Waals surface area contributed by atoms with E-state index in [4.69, 9.17) is 9.40 Å². The highest BCUT2D eigenvalue weighted by Crippen LogP contribution is 2.36. The van der Waals surface area contributed by atoms with E-state index >= 15 is 0 Å². The largest absolute Gasteiger partial charge is 0.448 e. The maximum Gasteiger partial charge on any atom is 0.416 e. The number of nitrogens with zero attached hydrogens (tertiary/aromatic N) is 4. The molecule has 0 aliphatic rings. The lowest BCUT2D eigenvalue weighted by Crippen LogP contribution is -2.13. The average molecular weight is 813 g/mol. The van der Waals surface area contributed by atoms with Crippen molar-refractivity contribution in [2.75, 3.05) is 10.6 Å². The zero-order valence-corrected chi connectivity index (χ0v) is 31.3. The number of hydrogen-bond acceptors (Lipinski definition) is 6. The van der Waals surface area contributed by atoms with Gasteiger partial charge in [-0.2, -0.15) is 26.3 Å². The zero-order chi connectivity index (χ0) is 40.9. The molecule has 8 rings (SSSR count). The van der Waals surface area contributed by atoms with E-state index in [-0.39, 0.29) is 24.5 Å². The quantitative estimate of drug-likeness (QED) is 0.141. The van der Waals surface area contributed by atoms with Gasteiger partial charge in [-0.25, -0.2) is 9.97 Å². The molecule has 58 heavy (non-hydrogen) atoms. The number of anilines is 2. The molecular formula is C42H30F6N6O3S. The van der Waals surface area contributed by atoms with Crippen LogP contribution in [0.25, 0.3) is 32.4 Å². The second-order valence-corrected chi connectivity index (χ2v) is 14.8. The average Bonchev–Trinajstić information content (AvgIpc) is 3.96. The van der Waals surface area contributed by atoms with Crippen LogP contribution in [-0.4, -0.2) is 30.9 Å². The lowest BCUT2D eigenvalue weighted by molar-refractivity contribution is -0.138. The predicted octanol–water partition coefficient (Wildman–Crippen LogP) is 11.0. The maximum atomic E-state index is 13.8. The van der Waals surface area contributed by atoms with E-state index < -0.39 is 35.3 Å². The standard InChI is InChI=1S/C42H30F6N6O3S/c1-23-36(49-22-57-23)38(55)51-33-21-54(19-26-9-14-29(15-10-26)42(46,47)48)35-16-11-27(17-31(33)35)40-52-37(24(2)58-40)39(56)50-32-20-53(34-6-4-3-5-30(32)34)18-25-7-12-28(13-8-25)41(43,44)45/h3-17,20-22H,18-19H2,1-2H3,(H,50,56)(H,51,55). The fourth-order valence-electron chi connectivity index (χ4n) is 6.75. The van der Waals surface area contributed by atoms with Gasteiger partial charge >= 0.3 is 12.4 Å². The third-order valence-electron chi connectivity index (χ3n) is 9.65. The molecule has 0 radical (unpaired) electrons. The van der Waals surface area contributed by atoms with Crippen molar-refractivity contribution >= 4 is 56.3 Å². The molecule has 0 spiro atoms. The third kappa shape index (κ3) is 7.57. The Morgan fingerprint density at radius 1 is 0.690 bits per heavy atom. The number of aromatic nitrogens is 4. The van der Waals surface area contributed by atoms with Gasteiger partial charge < -0.3 is 24.2 Å². The lowest BCUT2D eigenvalue weighted by Gasteiger charge is -2.09. The predicted molar refractivity (Wildman–Crippen MR) is 208 cm³/mol.